The molecule has 1 amide bonds. The van der Waals surface area contributed by atoms with Gasteiger partial charge in [0.15, 0.2) is 11.0 Å². The molecule has 2 aromatic heterocycles. The van der Waals surface area contributed by atoms with Gasteiger partial charge in [-0.2, -0.15) is 0 Å². The Balaban J connectivity index is 1.61. The number of amides is 1. The number of rotatable bonds is 6. The van der Waals surface area contributed by atoms with Crippen LogP contribution in [0.2, 0.25) is 0 Å². The summed E-state index contributed by atoms with van der Waals surface area (Å²) in [5.41, 5.74) is 1.06. The van der Waals surface area contributed by atoms with Crippen LogP contribution in [0.25, 0.3) is 11.4 Å². The Hall–Kier alpha value is -2.68. The lowest BCUT2D eigenvalue weighted by molar-refractivity contribution is -0.119. The average molecular weight is 392 g/mol. The fraction of sp³-hybridized carbons (Fsp3) is 0.278. The van der Waals surface area contributed by atoms with E-state index in [1.165, 1.54) is 17.8 Å². The molecule has 0 radical (unpaired) electrons. The molecule has 0 aliphatic carbocycles. The fourth-order valence-electron chi connectivity index (χ4n) is 2.64. The van der Waals surface area contributed by atoms with Gasteiger partial charge in [0.05, 0.1) is 23.6 Å². The van der Waals surface area contributed by atoms with E-state index < -0.39 is 17.7 Å². The SMILES string of the molecule is Cc1occc1-c1nnc(SCC(=O)N[C@@H](C)c2ccc(F)cc2F)n1C. The summed E-state index contributed by atoms with van der Waals surface area (Å²) in [5.74, 6) is -0.176. The fourth-order valence-corrected chi connectivity index (χ4v) is 3.36. The van der Waals surface area contributed by atoms with Crippen molar-refractivity contribution in [3.8, 4) is 11.4 Å². The molecular formula is C18H18F2N4O2S. The van der Waals surface area contributed by atoms with E-state index in [2.05, 4.69) is 15.5 Å². The Bertz CT molecular complexity index is 970. The summed E-state index contributed by atoms with van der Waals surface area (Å²) in [7, 11) is 1.80. The molecule has 0 aliphatic heterocycles. The van der Waals surface area contributed by atoms with Crippen LogP contribution in [0.5, 0.6) is 0 Å². The first-order valence-corrected chi connectivity index (χ1v) is 9.16. The molecule has 6 nitrogen and oxygen atoms in total. The molecular weight excluding hydrogens is 374 g/mol. The molecule has 27 heavy (non-hydrogen) atoms. The summed E-state index contributed by atoms with van der Waals surface area (Å²) in [5, 5.41) is 11.5. The van der Waals surface area contributed by atoms with Crippen molar-refractivity contribution in [2.45, 2.75) is 25.0 Å². The molecule has 9 heteroatoms. The molecule has 0 fully saturated rings. The van der Waals surface area contributed by atoms with Gasteiger partial charge in [0.1, 0.15) is 17.4 Å². The van der Waals surface area contributed by atoms with E-state index in [0.717, 1.165) is 23.5 Å². The number of carbonyl (C=O) groups excluding carboxylic acids is 1. The summed E-state index contributed by atoms with van der Waals surface area (Å²) < 4.78 is 33.9. The van der Waals surface area contributed by atoms with Gasteiger partial charge in [0.2, 0.25) is 5.91 Å². The zero-order valence-corrected chi connectivity index (χ0v) is 15.8. The molecule has 3 aromatic rings. The van der Waals surface area contributed by atoms with Gasteiger partial charge in [-0.3, -0.25) is 4.79 Å². The maximum absolute atomic E-state index is 13.8. The Labute approximate surface area is 159 Å². The minimum atomic E-state index is -0.691. The topological polar surface area (TPSA) is 72.9 Å². The van der Waals surface area contributed by atoms with Gasteiger partial charge in [0, 0.05) is 18.7 Å². The number of benzene rings is 1. The van der Waals surface area contributed by atoms with E-state index in [1.54, 1.807) is 30.9 Å². The number of hydrogen-bond donors (Lipinski definition) is 1. The van der Waals surface area contributed by atoms with Crippen LogP contribution in [0, 0.1) is 18.6 Å². The lowest BCUT2D eigenvalue weighted by Gasteiger charge is -2.15. The smallest absolute Gasteiger partial charge is 0.230 e. The van der Waals surface area contributed by atoms with Crippen molar-refractivity contribution in [2.75, 3.05) is 5.75 Å². The monoisotopic (exact) mass is 392 g/mol. The Kier molecular flexibility index (Phi) is 5.59. The second-order valence-corrected chi connectivity index (χ2v) is 6.94. The summed E-state index contributed by atoms with van der Waals surface area (Å²) in [6.45, 7) is 3.47. The number of thioether (sulfide) groups is 1. The van der Waals surface area contributed by atoms with Crippen molar-refractivity contribution in [3.05, 3.63) is 53.5 Å². The molecule has 0 unspecified atom stereocenters. The lowest BCUT2D eigenvalue weighted by Crippen LogP contribution is -2.28. The number of carbonyl (C=O) groups is 1. The third-order valence-electron chi connectivity index (χ3n) is 4.07. The number of furan rings is 1. The van der Waals surface area contributed by atoms with E-state index in [0.29, 0.717) is 11.0 Å². The van der Waals surface area contributed by atoms with Crippen molar-refractivity contribution in [3.63, 3.8) is 0 Å². The first-order chi connectivity index (χ1) is 12.9. The van der Waals surface area contributed by atoms with E-state index in [9.17, 15) is 13.6 Å². The first-order valence-electron chi connectivity index (χ1n) is 8.17. The van der Waals surface area contributed by atoms with Crippen LogP contribution in [0.4, 0.5) is 8.78 Å². The lowest BCUT2D eigenvalue weighted by atomic mass is 10.1. The standard InChI is InChI=1S/C18H18F2N4O2S/c1-10(13-5-4-12(19)8-15(13)20)21-16(25)9-27-18-23-22-17(24(18)3)14-6-7-26-11(14)2/h4-8,10H,9H2,1-3H3,(H,21,25)/t10-/m0/s1. The van der Waals surface area contributed by atoms with Crippen LogP contribution in [0.3, 0.4) is 0 Å². The van der Waals surface area contributed by atoms with E-state index in [1.807, 2.05) is 6.92 Å². The highest BCUT2D eigenvalue weighted by Gasteiger charge is 2.18. The number of halogens is 2. The Morgan fingerprint density at radius 1 is 1.33 bits per heavy atom. The molecule has 1 N–H and O–H groups in total. The predicted molar refractivity (Wildman–Crippen MR) is 97.1 cm³/mol. The van der Waals surface area contributed by atoms with E-state index in [-0.39, 0.29) is 17.2 Å². The van der Waals surface area contributed by atoms with E-state index >= 15 is 0 Å². The highest BCUT2D eigenvalue weighted by atomic mass is 32.2. The number of aromatic nitrogens is 3. The number of hydrogen-bond acceptors (Lipinski definition) is 5. The van der Waals surface area contributed by atoms with Gasteiger partial charge in [-0.1, -0.05) is 17.8 Å². The Morgan fingerprint density at radius 3 is 2.78 bits per heavy atom. The van der Waals surface area contributed by atoms with Crippen LogP contribution >= 0.6 is 11.8 Å². The first kappa shape index (κ1) is 19.1. The minimum absolute atomic E-state index is 0.0868. The molecule has 0 aliphatic rings. The summed E-state index contributed by atoms with van der Waals surface area (Å²) in [6.07, 6.45) is 1.58. The van der Waals surface area contributed by atoms with Gasteiger partial charge >= 0.3 is 0 Å². The minimum Gasteiger partial charge on any atom is -0.469 e. The summed E-state index contributed by atoms with van der Waals surface area (Å²) in [6, 6.07) is 4.51. The quantitative estimate of drug-likeness (QED) is 0.649. The van der Waals surface area contributed by atoms with Gasteiger partial charge in [-0.05, 0) is 26.0 Å². The Morgan fingerprint density at radius 2 is 2.11 bits per heavy atom. The van der Waals surface area contributed by atoms with Crippen LogP contribution < -0.4 is 5.32 Å². The second kappa shape index (κ2) is 7.91. The third kappa shape index (κ3) is 4.19. The van der Waals surface area contributed by atoms with E-state index in [4.69, 9.17) is 4.42 Å². The molecule has 0 saturated heterocycles. The number of nitrogens with one attached hydrogen (secondary N) is 1. The number of aryl methyl sites for hydroxylation is 1. The van der Waals surface area contributed by atoms with Crippen LogP contribution in [-0.4, -0.2) is 26.4 Å². The summed E-state index contributed by atoms with van der Waals surface area (Å²) >= 11 is 1.22. The van der Waals surface area contributed by atoms with Crippen molar-refractivity contribution in [1.29, 1.82) is 0 Å². The van der Waals surface area contributed by atoms with Gasteiger partial charge in [-0.15, -0.1) is 10.2 Å². The molecule has 0 bridgehead atoms. The average Bonchev–Trinajstić information content (AvgIpc) is 3.18. The van der Waals surface area contributed by atoms with Crippen molar-refractivity contribution in [1.82, 2.24) is 20.1 Å². The second-order valence-electron chi connectivity index (χ2n) is 6.00. The maximum Gasteiger partial charge on any atom is 0.230 e. The summed E-state index contributed by atoms with van der Waals surface area (Å²) in [4.78, 5) is 12.2. The molecule has 142 valence electrons. The van der Waals surface area contributed by atoms with Gasteiger partial charge in [0.25, 0.3) is 0 Å². The molecule has 0 spiro atoms. The molecule has 3 rings (SSSR count). The van der Waals surface area contributed by atoms with Crippen molar-refractivity contribution < 1.29 is 18.0 Å². The number of nitrogens with zero attached hydrogens (tertiary/aromatic N) is 3. The van der Waals surface area contributed by atoms with Crippen LogP contribution in [0.15, 0.2) is 40.1 Å². The maximum atomic E-state index is 13.8. The largest absolute Gasteiger partial charge is 0.469 e. The molecule has 1 aromatic carbocycles. The highest BCUT2D eigenvalue weighted by Crippen LogP contribution is 2.26. The molecule has 1 atom stereocenters. The normalized spacial score (nSPS) is 12.2. The van der Waals surface area contributed by atoms with Gasteiger partial charge < -0.3 is 14.3 Å². The van der Waals surface area contributed by atoms with Crippen molar-refractivity contribution >= 4 is 17.7 Å². The van der Waals surface area contributed by atoms with Crippen LogP contribution in [0.1, 0.15) is 24.3 Å². The predicted octanol–water partition coefficient (Wildman–Crippen LogP) is 3.63. The highest BCUT2D eigenvalue weighted by molar-refractivity contribution is 7.99. The molecule has 0 saturated carbocycles. The zero-order chi connectivity index (χ0) is 19.6. The van der Waals surface area contributed by atoms with Crippen molar-refractivity contribution in [2.24, 2.45) is 7.05 Å². The van der Waals surface area contributed by atoms with Gasteiger partial charge in [-0.25, -0.2) is 8.78 Å². The van der Waals surface area contributed by atoms with Crippen LogP contribution in [-0.2, 0) is 11.8 Å². The molecule has 2 heterocycles. The zero-order valence-electron chi connectivity index (χ0n) is 15.0. The third-order valence-corrected chi connectivity index (χ3v) is 5.09.